The largest absolute Gasteiger partial charge is 0.296 e. The van der Waals surface area contributed by atoms with E-state index in [4.69, 9.17) is 0 Å². The molecule has 1 aromatic carbocycles. The average Bonchev–Trinajstić information content (AvgIpc) is 2.21. The van der Waals surface area contributed by atoms with Crippen LogP contribution in [0.5, 0.6) is 0 Å². The van der Waals surface area contributed by atoms with Crippen LogP contribution in [0.1, 0.15) is 24.5 Å². The van der Waals surface area contributed by atoms with E-state index in [2.05, 4.69) is 49.2 Å². The van der Waals surface area contributed by atoms with Crippen molar-refractivity contribution in [3.05, 3.63) is 47.0 Å². The van der Waals surface area contributed by atoms with Gasteiger partial charge in [-0.15, -0.1) is 0 Å². The molecular formula is C14H19N. The molecule has 0 unspecified atom stereocenters. The van der Waals surface area contributed by atoms with Crippen LogP contribution in [0.4, 0.5) is 0 Å². The zero-order valence-electron chi connectivity index (χ0n) is 9.83. The number of hydrogen-bond donors (Lipinski definition) is 0. The van der Waals surface area contributed by atoms with Crippen molar-refractivity contribution in [2.24, 2.45) is 4.99 Å². The molecule has 80 valence electrons. The molecule has 0 aliphatic carbocycles. The Morgan fingerprint density at radius 1 is 1.27 bits per heavy atom. The third kappa shape index (κ3) is 4.59. The van der Waals surface area contributed by atoms with Crippen molar-refractivity contribution in [1.29, 1.82) is 0 Å². The second-order valence-electron chi connectivity index (χ2n) is 3.86. The lowest BCUT2D eigenvalue weighted by Crippen LogP contribution is -1.85. The van der Waals surface area contributed by atoms with Crippen molar-refractivity contribution in [2.45, 2.75) is 26.7 Å². The smallest absolute Gasteiger partial charge is 0.0277 e. The predicted molar refractivity (Wildman–Crippen MR) is 67.7 cm³/mol. The quantitative estimate of drug-likeness (QED) is 0.660. The molecule has 0 saturated heterocycles. The Hall–Kier alpha value is -1.37. The van der Waals surface area contributed by atoms with Crippen molar-refractivity contribution in [3.63, 3.8) is 0 Å². The van der Waals surface area contributed by atoms with E-state index < -0.39 is 0 Å². The highest BCUT2D eigenvalue weighted by molar-refractivity contribution is 5.77. The summed E-state index contributed by atoms with van der Waals surface area (Å²) >= 11 is 0. The van der Waals surface area contributed by atoms with Crippen LogP contribution in [0.3, 0.4) is 0 Å². The lowest BCUT2D eigenvalue weighted by atomic mass is 10.1. The van der Waals surface area contributed by atoms with Gasteiger partial charge in [-0.1, -0.05) is 35.9 Å². The Kier molecular flexibility index (Phi) is 4.82. The summed E-state index contributed by atoms with van der Waals surface area (Å²) in [5.41, 5.74) is 3.96. The van der Waals surface area contributed by atoms with Gasteiger partial charge in [0.15, 0.2) is 0 Å². The maximum atomic E-state index is 3.98. The molecule has 1 rings (SSSR count). The summed E-state index contributed by atoms with van der Waals surface area (Å²) < 4.78 is 0. The van der Waals surface area contributed by atoms with Crippen LogP contribution in [0.25, 0.3) is 0 Å². The fraction of sp³-hybridized carbons (Fsp3) is 0.357. The number of aliphatic imine (C=N–C) groups is 1. The van der Waals surface area contributed by atoms with Crippen LogP contribution in [0.15, 0.2) is 40.9 Å². The summed E-state index contributed by atoms with van der Waals surface area (Å²) in [4.78, 5) is 3.98. The second-order valence-corrected chi connectivity index (χ2v) is 3.86. The summed E-state index contributed by atoms with van der Waals surface area (Å²) in [6.45, 7) is 4.20. The van der Waals surface area contributed by atoms with Gasteiger partial charge in [-0.25, -0.2) is 0 Å². The molecule has 15 heavy (non-hydrogen) atoms. The molecule has 0 aliphatic rings. The van der Waals surface area contributed by atoms with Gasteiger partial charge in [0.05, 0.1) is 0 Å². The third-order valence-electron chi connectivity index (χ3n) is 2.35. The molecule has 0 N–H and O–H groups in total. The van der Waals surface area contributed by atoms with E-state index in [1.807, 2.05) is 6.21 Å². The Morgan fingerprint density at radius 3 is 2.53 bits per heavy atom. The number of benzene rings is 1. The average molecular weight is 201 g/mol. The summed E-state index contributed by atoms with van der Waals surface area (Å²) in [6, 6.07) is 8.73. The minimum absolute atomic E-state index is 1.08. The number of hydrogen-bond acceptors (Lipinski definition) is 1. The van der Waals surface area contributed by atoms with E-state index in [1.54, 1.807) is 7.05 Å². The van der Waals surface area contributed by atoms with Crippen LogP contribution in [0, 0.1) is 6.92 Å². The first-order chi connectivity index (χ1) is 7.22. The lowest BCUT2D eigenvalue weighted by molar-refractivity contribution is 0.995. The van der Waals surface area contributed by atoms with Gasteiger partial charge in [0.1, 0.15) is 0 Å². The summed E-state index contributed by atoms with van der Waals surface area (Å²) in [5, 5.41) is 0. The first-order valence-corrected chi connectivity index (χ1v) is 5.37. The van der Waals surface area contributed by atoms with E-state index >= 15 is 0 Å². The van der Waals surface area contributed by atoms with Gasteiger partial charge in [0, 0.05) is 13.3 Å². The normalized spacial score (nSPS) is 12.3. The molecule has 0 bridgehead atoms. The molecule has 0 fully saturated rings. The monoisotopic (exact) mass is 201 g/mol. The lowest BCUT2D eigenvalue weighted by Gasteiger charge is -1.99. The van der Waals surface area contributed by atoms with Crippen LogP contribution in [-0.2, 0) is 6.42 Å². The summed E-state index contributed by atoms with van der Waals surface area (Å²) in [5.74, 6) is 0. The summed E-state index contributed by atoms with van der Waals surface area (Å²) in [7, 11) is 1.80. The molecule has 0 aromatic heterocycles. The van der Waals surface area contributed by atoms with Crippen LogP contribution in [0.2, 0.25) is 0 Å². The van der Waals surface area contributed by atoms with Crippen molar-refractivity contribution < 1.29 is 0 Å². The summed E-state index contributed by atoms with van der Waals surface area (Å²) in [6.07, 6.45) is 6.32. The van der Waals surface area contributed by atoms with Gasteiger partial charge in [0.2, 0.25) is 0 Å². The number of allylic oxidation sites excluding steroid dienone is 2. The Bertz CT molecular complexity index is 344. The van der Waals surface area contributed by atoms with Crippen molar-refractivity contribution in [2.75, 3.05) is 7.05 Å². The highest BCUT2D eigenvalue weighted by Gasteiger charge is 1.91. The molecule has 0 heterocycles. The minimum Gasteiger partial charge on any atom is -0.296 e. The van der Waals surface area contributed by atoms with Gasteiger partial charge in [-0.3, -0.25) is 4.99 Å². The van der Waals surface area contributed by atoms with E-state index in [0.29, 0.717) is 0 Å². The molecule has 1 aromatic rings. The Morgan fingerprint density at radius 2 is 1.93 bits per heavy atom. The van der Waals surface area contributed by atoms with Crippen LogP contribution in [-0.4, -0.2) is 13.3 Å². The van der Waals surface area contributed by atoms with Crippen LogP contribution >= 0.6 is 0 Å². The number of aryl methyl sites for hydroxylation is 2. The molecule has 0 amide bonds. The van der Waals surface area contributed by atoms with Crippen molar-refractivity contribution in [1.82, 2.24) is 0 Å². The standard InChI is InChI=1S/C14H19N/c1-12-7-9-14(10-8-12)6-4-5-13(2)11-15-3/h5,7-11H,4,6H2,1-3H3/b13-5-,15-11?. The van der Waals surface area contributed by atoms with Crippen molar-refractivity contribution >= 4 is 6.21 Å². The number of rotatable bonds is 4. The first kappa shape index (κ1) is 11.7. The zero-order valence-corrected chi connectivity index (χ0v) is 9.83. The second kappa shape index (κ2) is 6.18. The fourth-order valence-electron chi connectivity index (χ4n) is 1.48. The molecule has 1 nitrogen and oxygen atoms in total. The van der Waals surface area contributed by atoms with Gasteiger partial charge >= 0.3 is 0 Å². The van der Waals surface area contributed by atoms with E-state index in [0.717, 1.165) is 12.8 Å². The van der Waals surface area contributed by atoms with E-state index in [9.17, 15) is 0 Å². The highest BCUT2D eigenvalue weighted by atomic mass is 14.6. The highest BCUT2D eigenvalue weighted by Crippen LogP contribution is 2.06. The van der Waals surface area contributed by atoms with E-state index in [-0.39, 0.29) is 0 Å². The molecule has 0 saturated carbocycles. The molecule has 0 radical (unpaired) electrons. The van der Waals surface area contributed by atoms with Gasteiger partial charge in [0.25, 0.3) is 0 Å². The molecule has 0 spiro atoms. The topological polar surface area (TPSA) is 12.4 Å². The molecule has 0 atom stereocenters. The third-order valence-corrected chi connectivity index (χ3v) is 2.35. The maximum Gasteiger partial charge on any atom is 0.0277 e. The van der Waals surface area contributed by atoms with Gasteiger partial charge in [-0.05, 0) is 37.8 Å². The SMILES string of the molecule is CN=C/C(C)=C\CCc1ccc(C)cc1. The van der Waals surface area contributed by atoms with Crippen LogP contribution < -0.4 is 0 Å². The molecular weight excluding hydrogens is 182 g/mol. The maximum absolute atomic E-state index is 3.98. The van der Waals surface area contributed by atoms with E-state index in [1.165, 1.54) is 16.7 Å². The fourth-order valence-corrected chi connectivity index (χ4v) is 1.48. The molecule has 1 heteroatoms. The predicted octanol–water partition coefficient (Wildman–Crippen LogP) is 3.57. The minimum atomic E-state index is 1.08. The Labute approximate surface area is 92.6 Å². The Balaban J connectivity index is 2.44. The van der Waals surface area contributed by atoms with Gasteiger partial charge in [-0.2, -0.15) is 0 Å². The molecule has 0 aliphatic heterocycles. The number of nitrogens with zero attached hydrogens (tertiary/aromatic N) is 1. The van der Waals surface area contributed by atoms with Gasteiger partial charge < -0.3 is 0 Å². The van der Waals surface area contributed by atoms with Crippen molar-refractivity contribution in [3.8, 4) is 0 Å². The first-order valence-electron chi connectivity index (χ1n) is 5.37. The zero-order chi connectivity index (χ0) is 11.1.